The molecule has 0 radical (unpaired) electrons. The highest BCUT2D eigenvalue weighted by Gasteiger charge is 2.23. The molecule has 0 saturated heterocycles. The molecule has 0 bridgehead atoms. The van der Waals surface area contributed by atoms with E-state index in [1.807, 2.05) is 32.0 Å². The van der Waals surface area contributed by atoms with Crippen LogP contribution in [0.1, 0.15) is 56.6 Å². The van der Waals surface area contributed by atoms with Crippen LogP contribution in [0.25, 0.3) is 0 Å². The molecular weight excluding hydrogens is 316 g/mol. The topological polar surface area (TPSA) is 82.6 Å². The Kier molecular flexibility index (Phi) is 5.36. The second-order valence-corrected chi connectivity index (χ2v) is 7.10. The number of urea groups is 1. The molecule has 1 unspecified atom stereocenters. The van der Waals surface area contributed by atoms with E-state index in [2.05, 4.69) is 21.2 Å². The van der Waals surface area contributed by atoms with Gasteiger partial charge in [0, 0.05) is 29.6 Å². The monoisotopic (exact) mass is 342 g/mol. The fourth-order valence-electron chi connectivity index (χ4n) is 3.61. The fraction of sp³-hybridized carbons (Fsp3) is 0.526. The molecule has 0 aromatic heterocycles. The molecule has 1 atom stereocenters. The molecule has 2 aliphatic rings. The molecule has 1 heterocycles. The first-order valence-electron chi connectivity index (χ1n) is 9.08. The van der Waals surface area contributed by atoms with E-state index in [0.717, 1.165) is 35.4 Å². The Labute approximate surface area is 148 Å². The lowest BCUT2D eigenvalue weighted by molar-refractivity contribution is -0.121. The number of hydrogen-bond acceptors (Lipinski definition) is 3. The molecule has 1 aromatic rings. The summed E-state index contributed by atoms with van der Waals surface area (Å²) in [6.45, 7) is 3.99. The summed E-state index contributed by atoms with van der Waals surface area (Å²) in [4.78, 5) is 23.6. The Balaban J connectivity index is 1.65. The van der Waals surface area contributed by atoms with Gasteiger partial charge in [0.2, 0.25) is 5.91 Å². The fourth-order valence-corrected chi connectivity index (χ4v) is 3.61. The minimum atomic E-state index is -0.144. The lowest BCUT2D eigenvalue weighted by Crippen LogP contribution is -2.39. The third kappa shape index (κ3) is 4.38. The highest BCUT2D eigenvalue weighted by molar-refractivity contribution is 6.07. The highest BCUT2D eigenvalue weighted by atomic mass is 16.2. The largest absolute Gasteiger partial charge is 0.335 e. The van der Waals surface area contributed by atoms with Crippen molar-refractivity contribution in [2.75, 3.05) is 5.32 Å². The summed E-state index contributed by atoms with van der Waals surface area (Å²) in [5, 5.41) is 10.2. The van der Waals surface area contributed by atoms with E-state index in [4.69, 9.17) is 0 Å². The first kappa shape index (κ1) is 17.5. The van der Waals surface area contributed by atoms with Crippen LogP contribution in [0, 0.1) is 12.8 Å². The molecule has 1 aliphatic carbocycles. The van der Waals surface area contributed by atoms with Gasteiger partial charge in [-0.2, -0.15) is 5.10 Å². The van der Waals surface area contributed by atoms with Gasteiger partial charge in [0.1, 0.15) is 0 Å². The quantitative estimate of drug-likeness (QED) is 0.787. The van der Waals surface area contributed by atoms with Gasteiger partial charge in [0.15, 0.2) is 0 Å². The van der Waals surface area contributed by atoms with Gasteiger partial charge in [-0.25, -0.2) is 10.2 Å². The zero-order valence-electron chi connectivity index (χ0n) is 14.9. The van der Waals surface area contributed by atoms with Crippen LogP contribution in [-0.2, 0) is 4.79 Å². The molecular formula is C19H26N4O2. The van der Waals surface area contributed by atoms with Crippen LogP contribution < -0.4 is 16.1 Å². The van der Waals surface area contributed by atoms with Crippen LogP contribution in [0.3, 0.4) is 0 Å². The van der Waals surface area contributed by atoms with E-state index in [0.29, 0.717) is 6.42 Å². The van der Waals surface area contributed by atoms with Gasteiger partial charge in [-0.3, -0.25) is 4.79 Å². The third-order valence-corrected chi connectivity index (χ3v) is 4.96. The Bertz CT molecular complexity index is 693. The maximum atomic E-state index is 12.2. The van der Waals surface area contributed by atoms with E-state index in [9.17, 15) is 9.59 Å². The Hall–Kier alpha value is -2.37. The number of benzene rings is 1. The second-order valence-electron chi connectivity index (χ2n) is 7.10. The molecule has 134 valence electrons. The summed E-state index contributed by atoms with van der Waals surface area (Å²) in [6.07, 6.45) is 6.22. The van der Waals surface area contributed by atoms with Gasteiger partial charge in [0.05, 0.1) is 5.71 Å². The van der Waals surface area contributed by atoms with Crippen LogP contribution in [0.5, 0.6) is 0 Å². The number of carbonyl (C=O) groups is 2. The van der Waals surface area contributed by atoms with Crippen LogP contribution in [0.15, 0.2) is 23.3 Å². The first-order valence-corrected chi connectivity index (χ1v) is 9.08. The van der Waals surface area contributed by atoms with E-state index < -0.39 is 0 Å². The molecule has 1 saturated carbocycles. The number of nitrogens with zero attached hydrogens (tertiary/aromatic N) is 1. The van der Waals surface area contributed by atoms with Crippen molar-refractivity contribution < 1.29 is 9.59 Å². The van der Waals surface area contributed by atoms with Crippen molar-refractivity contribution in [1.82, 2.24) is 10.7 Å². The number of hydrazone groups is 1. The van der Waals surface area contributed by atoms with Crippen molar-refractivity contribution in [3.63, 3.8) is 0 Å². The van der Waals surface area contributed by atoms with Crippen molar-refractivity contribution in [2.24, 2.45) is 11.0 Å². The maximum absolute atomic E-state index is 12.2. The van der Waals surface area contributed by atoms with Gasteiger partial charge in [-0.15, -0.1) is 0 Å². The van der Waals surface area contributed by atoms with Gasteiger partial charge in [-0.05, 0) is 37.5 Å². The second kappa shape index (κ2) is 7.68. The van der Waals surface area contributed by atoms with Crippen molar-refractivity contribution in [2.45, 2.75) is 58.4 Å². The van der Waals surface area contributed by atoms with E-state index in [1.54, 1.807) is 0 Å². The molecule has 1 aliphatic heterocycles. The summed E-state index contributed by atoms with van der Waals surface area (Å²) < 4.78 is 0. The zero-order chi connectivity index (χ0) is 17.8. The molecule has 6 heteroatoms. The number of carbonyl (C=O) groups excluding carboxylic acids is 2. The molecule has 0 spiro atoms. The van der Waals surface area contributed by atoms with Crippen LogP contribution in [-0.4, -0.2) is 23.7 Å². The summed E-state index contributed by atoms with van der Waals surface area (Å²) in [5.74, 6) is 0.0347. The summed E-state index contributed by atoms with van der Waals surface area (Å²) in [6, 6.07) is 5.93. The SMILES string of the molecule is Cc1cc(NC(=O)NC2CCCCC2)ccc1C1=NNC(=O)CC1C. The number of aryl methyl sites for hydroxylation is 1. The van der Waals surface area contributed by atoms with E-state index >= 15 is 0 Å². The normalized spacial score (nSPS) is 21.3. The van der Waals surface area contributed by atoms with Crippen molar-refractivity contribution in [3.8, 4) is 0 Å². The number of anilines is 1. The average Bonchev–Trinajstić information content (AvgIpc) is 2.57. The summed E-state index contributed by atoms with van der Waals surface area (Å²) in [5.41, 5.74) is 6.23. The maximum Gasteiger partial charge on any atom is 0.319 e. The molecule has 1 fully saturated rings. The van der Waals surface area contributed by atoms with Gasteiger partial charge >= 0.3 is 6.03 Å². The van der Waals surface area contributed by atoms with Crippen molar-refractivity contribution in [1.29, 1.82) is 0 Å². The number of rotatable bonds is 3. The average molecular weight is 342 g/mol. The number of nitrogens with one attached hydrogen (secondary N) is 3. The van der Waals surface area contributed by atoms with Gasteiger partial charge in [0.25, 0.3) is 0 Å². The van der Waals surface area contributed by atoms with Gasteiger partial charge < -0.3 is 10.6 Å². The highest BCUT2D eigenvalue weighted by Crippen LogP contribution is 2.22. The number of hydrogen-bond donors (Lipinski definition) is 3. The smallest absolute Gasteiger partial charge is 0.319 e. The van der Waals surface area contributed by atoms with Crippen LogP contribution >= 0.6 is 0 Å². The van der Waals surface area contributed by atoms with Gasteiger partial charge in [-0.1, -0.05) is 32.3 Å². The summed E-state index contributed by atoms with van der Waals surface area (Å²) in [7, 11) is 0. The van der Waals surface area contributed by atoms with E-state index in [-0.39, 0.29) is 23.9 Å². The third-order valence-electron chi connectivity index (χ3n) is 4.96. The van der Waals surface area contributed by atoms with Crippen LogP contribution in [0.4, 0.5) is 10.5 Å². The number of amides is 3. The summed E-state index contributed by atoms with van der Waals surface area (Å²) >= 11 is 0. The Morgan fingerprint density at radius 2 is 2.00 bits per heavy atom. The molecule has 3 amide bonds. The minimum absolute atomic E-state index is 0.0495. The standard InChI is InChI=1S/C19H26N4O2/c1-12-10-15(21-19(25)20-14-6-4-3-5-7-14)8-9-16(12)18-13(2)11-17(24)22-23-18/h8-10,13-14H,3-7,11H2,1-2H3,(H,22,24)(H2,20,21,25). The first-order chi connectivity index (χ1) is 12.0. The molecule has 6 nitrogen and oxygen atoms in total. The Morgan fingerprint density at radius 1 is 1.24 bits per heavy atom. The lowest BCUT2D eigenvalue weighted by atomic mass is 9.91. The molecule has 3 N–H and O–H groups in total. The predicted octanol–water partition coefficient (Wildman–Crippen LogP) is 3.31. The van der Waals surface area contributed by atoms with E-state index in [1.165, 1.54) is 19.3 Å². The lowest BCUT2D eigenvalue weighted by Gasteiger charge is -2.23. The molecule has 3 rings (SSSR count). The zero-order valence-corrected chi connectivity index (χ0v) is 14.9. The van der Waals surface area contributed by atoms with Crippen LogP contribution in [0.2, 0.25) is 0 Å². The van der Waals surface area contributed by atoms with Crippen molar-refractivity contribution in [3.05, 3.63) is 29.3 Å². The molecule has 1 aromatic carbocycles. The minimum Gasteiger partial charge on any atom is -0.335 e. The Morgan fingerprint density at radius 3 is 2.68 bits per heavy atom. The molecule has 25 heavy (non-hydrogen) atoms. The van der Waals surface area contributed by atoms with Crippen molar-refractivity contribution >= 4 is 23.3 Å². The predicted molar refractivity (Wildman–Crippen MR) is 98.7 cm³/mol.